The highest BCUT2D eigenvalue weighted by molar-refractivity contribution is 5.98. The minimum Gasteiger partial charge on any atom is -0.461 e. The van der Waals surface area contributed by atoms with E-state index in [9.17, 15) is 14.7 Å². The summed E-state index contributed by atoms with van der Waals surface area (Å²) in [6.07, 6.45) is -1.54. The number of hydrogen-bond donors (Lipinski definition) is 1. The van der Waals surface area contributed by atoms with Gasteiger partial charge in [-0.2, -0.15) is 0 Å². The summed E-state index contributed by atoms with van der Waals surface area (Å²) < 4.78 is 31.4. The van der Waals surface area contributed by atoms with Gasteiger partial charge in [-0.3, -0.25) is 0 Å². The number of hydrogen-bond acceptors (Lipinski definition) is 9. The minimum absolute atomic E-state index is 0.0255. The zero-order valence-electron chi connectivity index (χ0n) is 15.7. The van der Waals surface area contributed by atoms with Gasteiger partial charge in [0, 0.05) is 0 Å². The maximum atomic E-state index is 12.3. The fraction of sp³-hybridized carbons (Fsp3) is 0.579. The molecule has 1 aromatic carbocycles. The van der Waals surface area contributed by atoms with Gasteiger partial charge in [-0.25, -0.2) is 9.59 Å². The Labute approximate surface area is 163 Å². The fourth-order valence-corrected chi connectivity index (χ4v) is 2.35. The molecule has 1 heterocycles. The molecule has 9 heteroatoms. The molecule has 0 radical (unpaired) electrons. The van der Waals surface area contributed by atoms with Crippen molar-refractivity contribution in [1.29, 1.82) is 0 Å². The second kappa shape index (κ2) is 13.2. The molecule has 0 unspecified atom stereocenters. The lowest BCUT2D eigenvalue weighted by molar-refractivity contribution is -0.176. The van der Waals surface area contributed by atoms with Crippen LogP contribution in [0.4, 0.5) is 0 Å². The first-order valence-electron chi connectivity index (χ1n) is 9.08. The van der Waals surface area contributed by atoms with Crippen molar-refractivity contribution in [2.45, 2.75) is 19.3 Å². The van der Waals surface area contributed by atoms with Crippen LogP contribution in [0.25, 0.3) is 0 Å². The molecule has 0 bridgehead atoms. The number of rotatable bonds is 4. The predicted molar refractivity (Wildman–Crippen MR) is 95.3 cm³/mol. The van der Waals surface area contributed by atoms with E-state index in [2.05, 4.69) is 0 Å². The van der Waals surface area contributed by atoms with E-state index in [4.69, 9.17) is 28.4 Å². The van der Waals surface area contributed by atoms with E-state index in [1.165, 1.54) is 0 Å². The first kappa shape index (κ1) is 22.3. The fourth-order valence-electron chi connectivity index (χ4n) is 2.35. The Morgan fingerprint density at radius 3 is 1.75 bits per heavy atom. The van der Waals surface area contributed by atoms with Crippen molar-refractivity contribution in [2.24, 2.45) is 0 Å². The first-order chi connectivity index (χ1) is 13.7. The quantitative estimate of drug-likeness (QED) is 0.562. The van der Waals surface area contributed by atoms with Crippen LogP contribution in [-0.4, -0.2) is 76.0 Å². The SMILES string of the molecule is O=C1OCCOCCOCCOCCOC(=O)C1OCc1ccccc1CO. The standard InChI is InChI=1S/C19H26O9/c20-13-15-3-1-2-4-16(15)14-28-17-18(21)26-11-9-24-7-5-23-6-8-25-10-12-27-19(17)22/h1-4,17,20H,5-14H2. The summed E-state index contributed by atoms with van der Waals surface area (Å²) in [4.78, 5) is 24.6. The highest BCUT2D eigenvalue weighted by Crippen LogP contribution is 2.12. The molecule has 0 amide bonds. The first-order valence-corrected chi connectivity index (χ1v) is 9.08. The van der Waals surface area contributed by atoms with Gasteiger partial charge < -0.3 is 33.5 Å². The third-order valence-corrected chi connectivity index (χ3v) is 3.81. The van der Waals surface area contributed by atoms with E-state index >= 15 is 0 Å². The summed E-state index contributed by atoms with van der Waals surface area (Å²) in [7, 11) is 0. The van der Waals surface area contributed by atoms with Gasteiger partial charge in [-0.15, -0.1) is 0 Å². The van der Waals surface area contributed by atoms with Gasteiger partial charge in [0.25, 0.3) is 6.10 Å². The second-order valence-electron chi connectivity index (χ2n) is 5.79. The maximum Gasteiger partial charge on any atom is 0.347 e. The Bertz CT molecular complexity index is 579. The Morgan fingerprint density at radius 2 is 1.25 bits per heavy atom. The summed E-state index contributed by atoms with van der Waals surface area (Å²) in [5.41, 5.74) is 1.30. The number of benzene rings is 1. The lowest BCUT2D eigenvalue weighted by Gasteiger charge is -2.17. The van der Waals surface area contributed by atoms with Crippen LogP contribution in [0, 0.1) is 0 Å². The largest absolute Gasteiger partial charge is 0.461 e. The summed E-state index contributed by atoms with van der Waals surface area (Å²) >= 11 is 0. The zero-order valence-corrected chi connectivity index (χ0v) is 15.7. The van der Waals surface area contributed by atoms with E-state index in [1.54, 1.807) is 24.3 Å². The molecule has 2 rings (SSSR count). The van der Waals surface area contributed by atoms with Gasteiger partial charge in [0.1, 0.15) is 13.2 Å². The lowest BCUT2D eigenvalue weighted by atomic mass is 10.1. The molecule has 156 valence electrons. The van der Waals surface area contributed by atoms with Gasteiger partial charge in [-0.1, -0.05) is 24.3 Å². The van der Waals surface area contributed by atoms with Crippen LogP contribution in [0.3, 0.4) is 0 Å². The summed E-state index contributed by atoms with van der Waals surface area (Å²) in [5.74, 6) is -1.72. The van der Waals surface area contributed by atoms with E-state index in [0.29, 0.717) is 37.6 Å². The topological polar surface area (TPSA) is 110 Å². The molecule has 0 atom stereocenters. The molecular formula is C19H26O9. The summed E-state index contributed by atoms with van der Waals surface area (Å²) in [5, 5.41) is 9.38. The van der Waals surface area contributed by atoms with E-state index < -0.39 is 18.0 Å². The number of carbonyl (C=O) groups is 2. The van der Waals surface area contributed by atoms with Gasteiger partial charge in [0.2, 0.25) is 0 Å². The molecule has 1 aliphatic heterocycles. The van der Waals surface area contributed by atoms with Crippen LogP contribution in [0.15, 0.2) is 24.3 Å². The molecule has 1 aromatic rings. The van der Waals surface area contributed by atoms with Crippen molar-refractivity contribution >= 4 is 11.9 Å². The number of esters is 2. The predicted octanol–water partition coefficient (Wildman–Crippen LogP) is 0.214. The van der Waals surface area contributed by atoms with E-state index in [-0.39, 0.29) is 39.6 Å². The number of cyclic esters (lactones) is 2. The lowest BCUT2D eigenvalue weighted by Crippen LogP contribution is -2.37. The van der Waals surface area contributed by atoms with Crippen LogP contribution in [0.5, 0.6) is 0 Å². The average molecular weight is 398 g/mol. The number of ether oxygens (including phenoxy) is 6. The van der Waals surface area contributed by atoms with Crippen molar-refractivity contribution in [3.63, 3.8) is 0 Å². The van der Waals surface area contributed by atoms with Crippen molar-refractivity contribution in [1.82, 2.24) is 0 Å². The molecule has 0 aromatic heterocycles. The van der Waals surface area contributed by atoms with Crippen molar-refractivity contribution in [2.75, 3.05) is 52.9 Å². The maximum absolute atomic E-state index is 12.3. The monoisotopic (exact) mass is 398 g/mol. The smallest absolute Gasteiger partial charge is 0.347 e. The summed E-state index contributed by atoms with van der Waals surface area (Å²) in [6.45, 7) is 1.57. The van der Waals surface area contributed by atoms with Crippen LogP contribution >= 0.6 is 0 Å². The zero-order chi connectivity index (χ0) is 20.0. The molecule has 0 aliphatic carbocycles. The Morgan fingerprint density at radius 1 is 0.786 bits per heavy atom. The highest BCUT2D eigenvalue weighted by Gasteiger charge is 2.31. The van der Waals surface area contributed by atoms with Crippen LogP contribution in [0.2, 0.25) is 0 Å². The number of aliphatic hydroxyl groups excluding tert-OH is 1. The third-order valence-electron chi connectivity index (χ3n) is 3.81. The Hall–Kier alpha value is -2.04. The summed E-state index contributed by atoms with van der Waals surface area (Å²) in [6, 6.07) is 7.01. The molecule has 1 N–H and O–H groups in total. The van der Waals surface area contributed by atoms with Crippen LogP contribution in [-0.2, 0) is 51.2 Å². The molecule has 9 nitrogen and oxygen atoms in total. The van der Waals surface area contributed by atoms with Gasteiger partial charge in [-0.05, 0) is 11.1 Å². The Kier molecular flexibility index (Phi) is 10.5. The molecule has 28 heavy (non-hydrogen) atoms. The second-order valence-corrected chi connectivity index (χ2v) is 5.79. The molecule has 1 fully saturated rings. The molecule has 0 spiro atoms. The number of aliphatic hydroxyl groups is 1. The van der Waals surface area contributed by atoms with Gasteiger partial charge in [0.15, 0.2) is 0 Å². The van der Waals surface area contributed by atoms with Crippen molar-refractivity contribution in [3.8, 4) is 0 Å². The molecule has 1 aliphatic rings. The molecular weight excluding hydrogens is 372 g/mol. The minimum atomic E-state index is -1.54. The molecule has 0 saturated carbocycles. The normalized spacial score (nSPS) is 19.0. The average Bonchev–Trinajstić information content (AvgIpc) is 2.71. The van der Waals surface area contributed by atoms with Crippen LogP contribution < -0.4 is 0 Å². The Balaban J connectivity index is 1.96. The highest BCUT2D eigenvalue weighted by atomic mass is 16.6. The van der Waals surface area contributed by atoms with E-state index in [0.717, 1.165) is 0 Å². The molecule has 1 saturated heterocycles. The third kappa shape index (κ3) is 7.91. The van der Waals surface area contributed by atoms with Gasteiger partial charge in [0.05, 0.1) is 52.9 Å². The number of carbonyl (C=O) groups excluding carboxylic acids is 2. The van der Waals surface area contributed by atoms with Gasteiger partial charge >= 0.3 is 11.9 Å². The van der Waals surface area contributed by atoms with Crippen LogP contribution in [0.1, 0.15) is 11.1 Å². The van der Waals surface area contributed by atoms with E-state index in [1.807, 2.05) is 0 Å². The van der Waals surface area contributed by atoms with Crippen molar-refractivity contribution in [3.05, 3.63) is 35.4 Å². The van der Waals surface area contributed by atoms with Crippen molar-refractivity contribution < 1.29 is 43.1 Å².